The van der Waals surface area contributed by atoms with Crippen LogP contribution in [0.3, 0.4) is 0 Å². The highest BCUT2D eigenvalue weighted by Crippen LogP contribution is 2.36. The molecule has 0 aromatic carbocycles. The second-order valence-corrected chi connectivity index (χ2v) is 5.82. The van der Waals surface area contributed by atoms with Crippen LogP contribution < -0.4 is 0 Å². The van der Waals surface area contributed by atoms with Crippen molar-refractivity contribution in [3.8, 4) is 0 Å². The Morgan fingerprint density at radius 2 is 1.47 bits per heavy atom. The standard InChI is InChI=1S/C14H19ClN2/c15-13-9-12(10-5-1-2-6-10)16-14(17-13)11-7-3-4-8-11/h9-11H,1-8H2. The minimum atomic E-state index is 0.564. The molecule has 2 aliphatic rings. The van der Waals surface area contributed by atoms with E-state index in [9.17, 15) is 0 Å². The molecule has 0 radical (unpaired) electrons. The van der Waals surface area contributed by atoms with Gasteiger partial charge in [0.1, 0.15) is 11.0 Å². The quantitative estimate of drug-likeness (QED) is 0.725. The summed E-state index contributed by atoms with van der Waals surface area (Å²) in [5.41, 5.74) is 1.20. The molecule has 0 bridgehead atoms. The Kier molecular flexibility index (Phi) is 3.32. The highest BCUT2D eigenvalue weighted by Gasteiger charge is 2.24. The molecule has 0 saturated heterocycles. The summed E-state index contributed by atoms with van der Waals surface area (Å²) >= 11 is 6.16. The third-order valence-corrected chi connectivity index (χ3v) is 4.42. The van der Waals surface area contributed by atoms with Crippen LogP contribution in [0, 0.1) is 0 Å². The van der Waals surface area contributed by atoms with Gasteiger partial charge in [0, 0.05) is 17.5 Å². The van der Waals surface area contributed by atoms with Gasteiger partial charge in [-0.05, 0) is 31.7 Å². The van der Waals surface area contributed by atoms with E-state index in [0.29, 0.717) is 17.0 Å². The van der Waals surface area contributed by atoms with Gasteiger partial charge in [-0.1, -0.05) is 37.3 Å². The molecule has 0 aliphatic heterocycles. The van der Waals surface area contributed by atoms with Gasteiger partial charge >= 0.3 is 0 Å². The van der Waals surface area contributed by atoms with Crippen molar-refractivity contribution in [2.75, 3.05) is 0 Å². The predicted octanol–water partition coefficient (Wildman–Crippen LogP) is 4.45. The molecule has 2 nitrogen and oxygen atoms in total. The predicted molar refractivity (Wildman–Crippen MR) is 69.5 cm³/mol. The zero-order chi connectivity index (χ0) is 11.7. The Hall–Kier alpha value is -0.630. The third-order valence-electron chi connectivity index (χ3n) is 4.23. The van der Waals surface area contributed by atoms with Crippen LogP contribution in [0.5, 0.6) is 0 Å². The monoisotopic (exact) mass is 250 g/mol. The van der Waals surface area contributed by atoms with E-state index in [1.807, 2.05) is 6.07 Å². The Labute approximate surface area is 108 Å². The van der Waals surface area contributed by atoms with E-state index in [4.69, 9.17) is 16.6 Å². The van der Waals surface area contributed by atoms with Crippen LogP contribution in [0.4, 0.5) is 0 Å². The molecular formula is C14H19ClN2. The van der Waals surface area contributed by atoms with Crippen LogP contribution in [0.2, 0.25) is 5.15 Å². The average molecular weight is 251 g/mol. The van der Waals surface area contributed by atoms with Crippen molar-refractivity contribution in [3.05, 3.63) is 22.7 Å². The van der Waals surface area contributed by atoms with Crippen molar-refractivity contribution >= 4 is 11.6 Å². The highest BCUT2D eigenvalue weighted by molar-refractivity contribution is 6.29. The van der Waals surface area contributed by atoms with Crippen LogP contribution in [-0.2, 0) is 0 Å². The molecule has 1 heterocycles. The van der Waals surface area contributed by atoms with Gasteiger partial charge in [-0.25, -0.2) is 9.97 Å². The van der Waals surface area contributed by atoms with Gasteiger partial charge in [0.05, 0.1) is 0 Å². The molecule has 3 rings (SSSR count). The maximum atomic E-state index is 6.16. The molecule has 92 valence electrons. The van der Waals surface area contributed by atoms with Gasteiger partial charge in [0.15, 0.2) is 0 Å². The van der Waals surface area contributed by atoms with Gasteiger partial charge < -0.3 is 0 Å². The molecule has 3 heteroatoms. The fourth-order valence-electron chi connectivity index (χ4n) is 3.25. The molecule has 1 aromatic rings. The molecule has 0 atom stereocenters. The van der Waals surface area contributed by atoms with Crippen molar-refractivity contribution in [1.29, 1.82) is 0 Å². The lowest BCUT2D eigenvalue weighted by Gasteiger charge is -2.13. The van der Waals surface area contributed by atoms with Crippen molar-refractivity contribution in [3.63, 3.8) is 0 Å². The van der Waals surface area contributed by atoms with Crippen LogP contribution in [0.15, 0.2) is 6.07 Å². The largest absolute Gasteiger partial charge is 0.237 e. The Bertz CT molecular complexity index is 359. The zero-order valence-electron chi connectivity index (χ0n) is 10.2. The fraction of sp³-hybridized carbons (Fsp3) is 0.714. The summed E-state index contributed by atoms with van der Waals surface area (Å²) in [7, 11) is 0. The lowest BCUT2D eigenvalue weighted by molar-refractivity contribution is 0.633. The summed E-state index contributed by atoms with van der Waals surface area (Å²) in [6.45, 7) is 0. The van der Waals surface area contributed by atoms with Crippen molar-refractivity contribution in [1.82, 2.24) is 9.97 Å². The topological polar surface area (TPSA) is 25.8 Å². The van der Waals surface area contributed by atoms with E-state index >= 15 is 0 Å². The molecule has 0 spiro atoms. The Morgan fingerprint density at radius 1 is 0.882 bits per heavy atom. The maximum Gasteiger partial charge on any atom is 0.133 e. The number of hydrogen-bond donors (Lipinski definition) is 0. The zero-order valence-corrected chi connectivity index (χ0v) is 10.9. The van der Waals surface area contributed by atoms with Crippen molar-refractivity contribution in [2.45, 2.75) is 63.2 Å². The summed E-state index contributed by atoms with van der Waals surface area (Å²) in [5.74, 6) is 2.21. The first-order chi connectivity index (χ1) is 8.33. The van der Waals surface area contributed by atoms with Gasteiger partial charge in [0.2, 0.25) is 0 Å². The third kappa shape index (κ3) is 2.47. The number of aromatic nitrogens is 2. The summed E-state index contributed by atoms with van der Waals surface area (Å²) in [4.78, 5) is 9.24. The molecule has 2 saturated carbocycles. The number of nitrogens with zero attached hydrogens (tertiary/aromatic N) is 2. The van der Waals surface area contributed by atoms with E-state index in [1.165, 1.54) is 57.1 Å². The fourth-order valence-corrected chi connectivity index (χ4v) is 3.45. The minimum Gasteiger partial charge on any atom is -0.237 e. The molecule has 17 heavy (non-hydrogen) atoms. The lowest BCUT2D eigenvalue weighted by atomic mass is 10.0. The molecule has 0 amide bonds. The summed E-state index contributed by atoms with van der Waals surface area (Å²) in [6.07, 6.45) is 10.3. The van der Waals surface area contributed by atoms with E-state index in [0.717, 1.165) is 5.82 Å². The molecule has 1 aromatic heterocycles. The van der Waals surface area contributed by atoms with E-state index in [-0.39, 0.29) is 0 Å². The smallest absolute Gasteiger partial charge is 0.133 e. The van der Waals surface area contributed by atoms with Crippen molar-refractivity contribution < 1.29 is 0 Å². The van der Waals surface area contributed by atoms with Crippen LogP contribution >= 0.6 is 11.6 Å². The van der Waals surface area contributed by atoms with Crippen LogP contribution in [-0.4, -0.2) is 9.97 Å². The first-order valence-electron chi connectivity index (χ1n) is 6.87. The number of halogens is 1. The normalized spacial score (nSPS) is 22.4. The minimum absolute atomic E-state index is 0.564. The molecular weight excluding hydrogens is 232 g/mol. The Balaban J connectivity index is 1.88. The maximum absolute atomic E-state index is 6.16. The van der Waals surface area contributed by atoms with E-state index in [1.54, 1.807) is 0 Å². The van der Waals surface area contributed by atoms with Gasteiger partial charge in [0.25, 0.3) is 0 Å². The van der Waals surface area contributed by atoms with Crippen LogP contribution in [0.1, 0.15) is 74.7 Å². The SMILES string of the molecule is Clc1cc(C2CCCC2)nc(C2CCCC2)n1. The molecule has 2 aliphatic carbocycles. The number of hydrogen-bond acceptors (Lipinski definition) is 2. The van der Waals surface area contributed by atoms with Gasteiger partial charge in [-0.3, -0.25) is 0 Å². The highest BCUT2D eigenvalue weighted by atomic mass is 35.5. The summed E-state index contributed by atoms with van der Waals surface area (Å²) in [5, 5.41) is 0.642. The number of rotatable bonds is 2. The molecule has 0 N–H and O–H groups in total. The molecule has 0 unspecified atom stereocenters. The van der Waals surface area contributed by atoms with E-state index < -0.39 is 0 Å². The van der Waals surface area contributed by atoms with Gasteiger partial charge in [-0.2, -0.15) is 0 Å². The first kappa shape index (κ1) is 11.5. The molecule has 2 fully saturated rings. The second kappa shape index (κ2) is 4.93. The van der Waals surface area contributed by atoms with Crippen LogP contribution in [0.25, 0.3) is 0 Å². The first-order valence-corrected chi connectivity index (χ1v) is 7.25. The summed E-state index contributed by atoms with van der Waals surface area (Å²) in [6, 6.07) is 1.98. The summed E-state index contributed by atoms with van der Waals surface area (Å²) < 4.78 is 0. The van der Waals surface area contributed by atoms with Crippen molar-refractivity contribution in [2.24, 2.45) is 0 Å². The average Bonchev–Trinajstić information content (AvgIpc) is 3.02. The second-order valence-electron chi connectivity index (χ2n) is 5.44. The Morgan fingerprint density at radius 3 is 2.12 bits per heavy atom. The lowest BCUT2D eigenvalue weighted by Crippen LogP contribution is -2.06. The van der Waals surface area contributed by atoms with Gasteiger partial charge in [-0.15, -0.1) is 0 Å². The van der Waals surface area contributed by atoms with E-state index in [2.05, 4.69) is 4.98 Å².